The smallest absolute Gasteiger partial charge is 0.231 e. The van der Waals surface area contributed by atoms with Crippen molar-refractivity contribution in [2.24, 2.45) is 0 Å². The Balaban J connectivity index is 1.91. The highest BCUT2D eigenvalue weighted by Crippen LogP contribution is 2.59. The van der Waals surface area contributed by atoms with Gasteiger partial charge in [0.05, 0.1) is 6.10 Å². The topological polar surface area (TPSA) is 44.8 Å². The van der Waals surface area contributed by atoms with E-state index in [1.54, 1.807) is 6.08 Å². The summed E-state index contributed by atoms with van der Waals surface area (Å²) in [7, 11) is -2.07. The molecule has 3 aliphatic rings. The molecular weight excluding hydrogens is 356 g/mol. The number of benzene rings is 1. The fourth-order valence-electron chi connectivity index (χ4n) is 4.10. The summed E-state index contributed by atoms with van der Waals surface area (Å²) >= 11 is 0. The first-order chi connectivity index (χ1) is 12.6. The first-order valence-electron chi connectivity index (χ1n) is 9.59. The lowest BCUT2D eigenvalue weighted by Gasteiger charge is -2.40. The van der Waals surface area contributed by atoms with Crippen molar-refractivity contribution in [1.82, 2.24) is 0 Å². The molecule has 0 saturated carbocycles. The second-order valence-electron chi connectivity index (χ2n) is 9.29. The van der Waals surface area contributed by atoms with Crippen molar-refractivity contribution in [1.29, 1.82) is 0 Å². The summed E-state index contributed by atoms with van der Waals surface area (Å²) in [6.45, 7) is 15.6. The second-order valence-corrected chi connectivity index (χ2v) is 14.0. The molecule has 2 atom stereocenters. The van der Waals surface area contributed by atoms with E-state index in [2.05, 4.69) is 46.5 Å². The number of rotatable bonds is 3. The molecule has 0 radical (unpaired) electrons. The predicted octanol–water partition coefficient (Wildman–Crippen LogP) is 5.20. The Bertz CT molecular complexity index is 862. The van der Waals surface area contributed by atoms with E-state index in [1.807, 2.05) is 12.1 Å². The molecule has 5 heteroatoms. The number of hydrogen-bond donors (Lipinski definition) is 0. The van der Waals surface area contributed by atoms with Crippen LogP contribution in [-0.4, -0.2) is 20.9 Å². The fourth-order valence-corrected chi connectivity index (χ4v) is 5.29. The summed E-state index contributed by atoms with van der Waals surface area (Å²) < 4.78 is 18.1. The molecule has 1 aliphatic heterocycles. The minimum atomic E-state index is -2.07. The number of ether oxygens (including phenoxy) is 2. The van der Waals surface area contributed by atoms with E-state index in [9.17, 15) is 4.79 Å². The molecule has 27 heavy (non-hydrogen) atoms. The molecule has 0 bridgehead atoms. The summed E-state index contributed by atoms with van der Waals surface area (Å²) in [6.07, 6.45) is 4.80. The quantitative estimate of drug-likeness (QED) is 0.530. The van der Waals surface area contributed by atoms with Gasteiger partial charge >= 0.3 is 0 Å². The molecule has 0 unspecified atom stereocenters. The van der Waals surface area contributed by atoms with Crippen LogP contribution in [0.3, 0.4) is 0 Å². The molecule has 0 N–H and O–H groups in total. The minimum absolute atomic E-state index is 0.0716. The molecule has 2 aliphatic carbocycles. The SMILES string of the molecule is C=C[C@@]12CCC(=O)C=C1[C@@H](O[Si](C)(C)C(C)(C)C)c1cc3c(cc12)OCO3. The van der Waals surface area contributed by atoms with Crippen molar-refractivity contribution in [3.63, 3.8) is 0 Å². The minimum Gasteiger partial charge on any atom is -0.454 e. The van der Waals surface area contributed by atoms with E-state index in [4.69, 9.17) is 13.9 Å². The summed E-state index contributed by atoms with van der Waals surface area (Å²) in [5.41, 5.74) is 2.89. The molecule has 4 rings (SSSR count). The lowest BCUT2D eigenvalue weighted by Crippen LogP contribution is -2.42. The van der Waals surface area contributed by atoms with Gasteiger partial charge in [-0.2, -0.15) is 0 Å². The summed E-state index contributed by atoms with van der Waals surface area (Å²) in [5, 5.41) is 0.0716. The zero-order chi connectivity index (χ0) is 19.6. The van der Waals surface area contributed by atoms with Crippen LogP contribution in [-0.2, 0) is 14.6 Å². The predicted molar refractivity (Wildman–Crippen MR) is 108 cm³/mol. The highest BCUT2D eigenvalue weighted by atomic mass is 28.4. The number of carbonyl (C=O) groups excluding carboxylic acids is 1. The molecule has 0 spiro atoms. The van der Waals surface area contributed by atoms with Crippen LogP contribution in [0.25, 0.3) is 0 Å². The molecule has 1 heterocycles. The third kappa shape index (κ3) is 2.63. The first kappa shape index (κ1) is 18.5. The van der Waals surface area contributed by atoms with Gasteiger partial charge in [0.1, 0.15) is 0 Å². The molecular formula is C22H28O4Si. The average Bonchev–Trinajstić information content (AvgIpc) is 3.14. The zero-order valence-electron chi connectivity index (χ0n) is 16.8. The Morgan fingerprint density at radius 2 is 1.93 bits per heavy atom. The number of fused-ring (bicyclic) bond motifs is 4. The van der Waals surface area contributed by atoms with E-state index in [0.717, 1.165) is 34.6 Å². The first-order valence-corrected chi connectivity index (χ1v) is 12.5. The van der Waals surface area contributed by atoms with Gasteiger partial charge in [-0.1, -0.05) is 26.8 Å². The number of ketones is 1. The van der Waals surface area contributed by atoms with Crippen molar-refractivity contribution in [3.8, 4) is 11.5 Å². The molecule has 0 aromatic heterocycles. The number of hydrogen-bond acceptors (Lipinski definition) is 4. The Morgan fingerprint density at radius 3 is 2.56 bits per heavy atom. The van der Waals surface area contributed by atoms with Gasteiger partial charge in [0.15, 0.2) is 25.6 Å². The molecule has 144 valence electrons. The lowest BCUT2D eigenvalue weighted by atomic mass is 9.71. The number of allylic oxidation sites excluding steroid dienone is 2. The summed E-state index contributed by atoms with van der Waals surface area (Å²) in [4.78, 5) is 12.3. The Hall–Kier alpha value is -1.85. The highest BCUT2D eigenvalue weighted by Gasteiger charge is 2.52. The normalized spacial score (nSPS) is 26.5. The standard InChI is InChI=1S/C22H28O4Si/c1-7-22-9-8-14(23)10-17(22)20(26-27(5,6)21(2,3)4)15-11-18-19(12-16(15)22)25-13-24-18/h7,10-12,20H,1,8-9,13H2,2-6H3/t20-,22-/m0/s1. The van der Waals surface area contributed by atoms with Gasteiger partial charge in [0, 0.05) is 11.8 Å². The van der Waals surface area contributed by atoms with Crippen molar-refractivity contribution in [2.75, 3.05) is 6.79 Å². The molecule has 1 aromatic carbocycles. The van der Waals surface area contributed by atoms with Crippen LogP contribution < -0.4 is 9.47 Å². The molecule has 0 amide bonds. The monoisotopic (exact) mass is 384 g/mol. The Kier molecular flexibility index (Phi) is 3.99. The maximum Gasteiger partial charge on any atom is 0.231 e. The van der Waals surface area contributed by atoms with Gasteiger partial charge in [-0.05, 0) is 59.5 Å². The summed E-state index contributed by atoms with van der Waals surface area (Å²) in [5.74, 6) is 1.68. The lowest BCUT2D eigenvalue weighted by molar-refractivity contribution is -0.115. The van der Waals surface area contributed by atoms with Crippen molar-refractivity contribution in [2.45, 2.75) is 63.3 Å². The third-order valence-corrected chi connectivity index (χ3v) is 11.2. The molecule has 1 aromatic rings. The van der Waals surface area contributed by atoms with Crippen molar-refractivity contribution >= 4 is 14.1 Å². The third-order valence-electron chi connectivity index (χ3n) is 6.75. The van der Waals surface area contributed by atoms with Gasteiger partial charge in [-0.15, -0.1) is 6.58 Å². The van der Waals surface area contributed by atoms with Crippen molar-refractivity contribution < 1.29 is 18.7 Å². The number of carbonyl (C=O) groups is 1. The van der Waals surface area contributed by atoms with Crippen LogP contribution >= 0.6 is 0 Å². The van der Waals surface area contributed by atoms with Gasteiger partial charge in [0.2, 0.25) is 6.79 Å². The maximum absolute atomic E-state index is 12.3. The van der Waals surface area contributed by atoms with Gasteiger partial charge < -0.3 is 13.9 Å². The van der Waals surface area contributed by atoms with E-state index in [-0.39, 0.29) is 29.1 Å². The molecule has 4 nitrogen and oxygen atoms in total. The van der Waals surface area contributed by atoms with Crippen LogP contribution in [0.5, 0.6) is 11.5 Å². The van der Waals surface area contributed by atoms with E-state index >= 15 is 0 Å². The Morgan fingerprint density at radius 1 is 1.26 bits per heavy atom. The second kappa shape index (κ2) is 5.82. The van der Waals surface area contributed by atoms with Crippen molar-refractivity contribution in [3.05, 3.63) is 47.6 Å². The zero-order valence-corrected chi connectivity index (χ0v) is 17.8. The maximum atomic E-state index is 12.3. The van der Waals surface area contributed by atoms with Gasteiger partial charge in [0.25, 0.3) is 0 Å². The molecule has 0 fully saturated rings. The van der Waals surface area contributed by atoms with E-state index < -0.39 is 8.32 Å². The average molecular weight is 385 g/mol. The van der Waals surface area contributed by atoms with E-state index in [1.165, 1.54) is 0 Å². The van der Waals surface area contributed by atoms with Crippen LogP contribution in [0.1, 0.15) is 50.8 Å². The summed E-state index contributed by atoms with van der Waals surface area (Å²) in [6, 6.07) is 4.11. The van der Waals surface area contributed by atoms with Crippen LogP contribution in [0, 0.1) is 0 Å². The van der Waals surface area contributed by atoms with Crippen LogP contribution in [0.2, 0.25) is 18.1 Å². The van der Waals surface area contributed by atoms with Crippen LogP contribution in [0.4, 0.5) is 0 Å². The molecule has 0 saturated heterocycles. The van der Waals surface area contributed by atoms with Gasteiger partial charge in [-0.3, -0.25) is 4.79 Å². The van der Waals surface area contributed by atoms with Gasteiger partial charge in [-0.25, -0.2) is 0 Å². The largest absolute Gasteiger partial charge is 0.454 e. The highest BCUT2D eigenvalue weighted by molar-refractivity contribution is 6.74. The fraction of sp³-hybridized carbons (Fsp3) is 0.500. The van der Waals surface area contributed by atoms with E-state index in [0.29, 0.717) is 6.42 Å². The van der Waals surface area contributed by atoms with Crippen LogP contribution in [0.15, 0.2) is 36.4 Å². The Labute approximate surface area is 162 Å².